The normalized spacial score (nSPS) is 8.29. The third-order valence-electron chi connectivity index (χ3n) is 3.84. The molecule has 312 valence electrons. The minimum absolute atomic E-state index is 1.17. The van der Waals surface area contributed by atoms with E-state index in [2.05, 4.69) is 122 Å². The van der Waals surface area contributed by atoms with Gasteiger partial charge < -0.3 is 0 Å². The Morgan fingerprint density at radius 2 is 0.314 bits per heavy atom. The Bertz CT molecular complexity index is 506. The summed E-state index contributed by atoms with van der Waals surface area (Å²) in [5.74, 6) is 0. The highest BCUT2D eigenvalue weighted by Crippen LogP contribution is 1.90. The minimum Gasteiger partial charge on any atom is -0.0919 e. The molecule has 0 aliphatic carbocycles. The summed E-state index contributed by atoms with van der Waals surface area (Å²) in [6, 6.07) is 0. The van der Waals surface area contributed by atoms with E-state index in [-0.39, 0.29) is 0 Å². The van der Waals surface area contributed by atoms with Crippen molar-refractivity contribution in [1.29, 1.82) is 0 Å². The van der Waals surface area contributed by atoms with E-state index in [9.17, 15) is 0 Å². The minimum atomic E-state index is 1.17. The number of rotatable bonds is 3. The van der Waals surface area contributed by atoms with E-state index in [1.54, 1.807) is 0 Å². The summed E-state index contributed by atoms with van der Waals surface area (Å²) in [5, 5.41) is 0. The summed E-state index contributed by atoms with van der Waals surface area (Å²) in [4.78, 5) is 0. The van der Waals surface area contributed by atoms with Gasteiger partial charge in [-0.15, -0.1) is 0 Å². The predicted octanol–water partition coefficient (Wildman–Crippen LogP) is 20.8. The lowest BCUT2D eigenvalue weighted by atomic mass is 10.3. The molecule has 0 aromatic carbocycles. The van der Waals surface area contributed by atoms with Crippen LogP contribution in [0.1, 0.15) is 225 Å². The van der Waals surface area contributed by atoms with Crippen LogP contribution in [0.4, 0.5) is 0 Å². The van der Waals surface area contributed by atoms with Crippen molar-refractivity contribution in [2.45, 2.75) is 225 Å². The van der Waals surface area contributed by atoms with Crippen molar-refractivity contribution in [1.82, 2.24) is 0 Å². The Morgan fingerprint density at radius 3 is 0.314 bits per heavy atom. The van der Waals surface area contributed by atoms with Crippen LogP contribution in [0.5, 0.6) is 0 Å². The second-order valence-corrected chi connectivity index (χ2v) is 11.2. The third-order valence-corrected chi connectivity index (χ3v) is 3.84. The number of allylic oxidation sites excluding steroid dienone is 18. The Kier molecular flexibility index (Phi) is 219. The summed E-state index contributed by atoms with van der Waals surface area (Å²) < 4.78 is 0. The van der Waals surface area contributed by atoms with Gasteiger partial charge in [0.2, 0.25) is 0 Å². The molecule has 0 rings (SSSR count). The average Bonchev–Trinajstić information content (AvgIpc) is 3.10. The molecule has 0 saturated heterocycles. The molecule has 0 radical (unpaired) electrons. The third kappa shape index (κ3) is 620. The zero-order valence-corrected chi connectivity index (χ0v) is 41.4. The molecule has 0 unspecified atom stereocenters. The first-order valence-electron chi connectivity index (χ1n) is 20.4. The Morgan fingerprint density at radius 1 is 0.235 bits per heavy atom. The average molecular weight is 721 g/mol. The van der Waals surface area contributed by atoms with Crippen LogP contribution in [0.2, 0.25) is 0 Å². The zero-order chi connectivity index (χ0) is 43.6. The molecule has 0 N–H and O–H groups in total. The lowest BCUT2D eigenvalue weighted by Gasteiger charge is -1.80. The SMILES string of the molecule is CC=CC.CC=CC.CC=CC.CC=CC.CC=CC.CC=CC.CCC.CCC.CCC.CCC=C(C)C.CCC=C(C)C.CCC=C(C)C. The highest BCUT2D eigenvalue weighted by atomic mass is 13.8. The first kappa shape index (κ1) is 82.2. The fraction of sp³-hybridized carbons (Fsp3) is 0.647. The summed E-state index contributed by atoms with van der Waals surface area (Å²) in [6.45, 7) is 55.9. The van der Waals surface area contributed by atoms with Crippen molar-refractivity contribution in [2.24, 2.45) is 0 Å². The highest BCUT2D eigenvalue weighted by Gasteiger charge is 1.68. The van der Waals surface area contributed by atoms with Crippen LogP contribution in [0.15, 0.2) is 108 Å². The van der Waals surface area contributed by atoms with Crippen LogP contribution in [0.25, 0.3) is 0 Å². The van der Waals surface area contributed by atoms with E-state index < -0.39 is 0 Å². The Balaban J connectivity index is -0.0000000328. The summed E-state index contributed by atoms with van der Waals surface area (Å²) in [5.41, 5.74) is 4.24. The molecule has 0 aliphatic rings. The molecule has 0 aromatic heterocycles. The van der Waals surface area contributed by atoms with Crippen LogP contribution in [-0.4, -0.2) is 0 Å². The lowest BCUT2D eigenvalue weighted by molar-refractivity contribution is 1.09. The van der Waals surface area contributed by atoms with Gasteiger partial charge in [-0.3, -0.25) is 0 Å². The number of hydrogen-bond acceptors (Lipinski definition) is 0. The van der Waals surface area contributed by atoms with Gasteiger partial charge in [-0.05, 0) is 144 Å². The molecule has 0 bridgehead atoms. The van der Waals surface area contributed by atoms with Crippen LogP contribution >= 0.6 is 0 Å². The maximum absolute atomic E-state index is 2.21. The van der Waals surface area contributed by atoms with Crippen molar-refractivity contribution in [3.05, 3.63) is 108 Å². The molecule has 0 heterocycles. The van der Waals surface area contributed by atoms with Crippen LogP contribution in [-0.2, 0) is 0 Å². The van der Waals surface area contributed by atoms with E-state index in [0.717, 1.165) is 0 Å². The summed E-state index contributed by atoms with van der Waals surface area (Å²) in [7, 11) is 0. The van der Waals surface area contributed by atoms with Gasteiger partial charge in [0, 0.05) is 0 Å². The van der Waals surface area contributed by atoms with Gasteiger partial charge in [0.1, 0.15) is 0 Å². The van der Waals surface area contributed by atoms with Crippen LogP contribution in [0, 0.1) is 0 Å². The maximum atomic E-state index is 2.21. The van der Waals surface area contributed by atoms with Crippen LogP contribution in [0.3, 0.4) is 0 Å². The second kappa shape index (κ2) is 136. The quantitative estimate of drug-likeness (QED) is 0.255. The van der Waals surface area contributed by atoms with Gasteiger partial charge in [0.25, 0.3) is 0 Å². The smallest absolute Gasteiger partial charge is 0.0377 e. The van der Waals surface area contributed by atoms with Crippen molar-refractivity contribution < 1.29 is 0 Å². The van der Waals surface area contributed by atoms with Crippen molar-refractivity contribution in [3.63, 3.8) is 0 Å². The van der Waals surface area contributed by atoms with E-state index >= 15 is 0 Å². The van der Waals surface area contributed by atoms with Gasteiger partial charge in [-0.2, -0.15) is 0 Å². The monoisotopic (exact) mass is 721 g/mol. The van der Waals surface area contributed by atoms with E-state index in [1.165, 1.54) is 55.2 Å². The predicted molar refractivity (Wildman–Crippen MR) is 260 cm³/mol. The molecule has 0 nitrogen and oxygen atoms in total. The first-order chi connectivity index (χ1) is 24.0. The van der Waals surface area contributed by atoms with Crippen LogP contribution < -0.4 is 0 Å². The molecule has 0 aromatic rings. The van der Waals surface area contributed by atoms with Crippen molar-refractivity contribution in [3.8, 4) is 0 Å². The van der Waals surface area contributed by atoms with Crippen molar-refractivity contribution in [2.75, 3.05) is 0 Å². The highest BCUT2D eigenvalue weighted by molar-refractivity contribution is 4.92. The fourth-order valence-corrected chi connectivity index (χ4v) is 1.22. The standard InChI is InChI=1S/3C6H12.6C4H8.3C3H8/c3*1-4-5-6(2)3;6*1-3-4-2;3*1-3-2/h3*5H,4H2,1-3H3;6*3-4H,1-2H3;3*3H2,1-2H3. The first-order valence-corrected chi connectivity index (χ1v) is 20.4. The van der Waals surface area contributed by atoms with Crippen molar-refractivity contribution >= 4 is 0 Å². The van der Waals surface area contributed by atoms with Gasteiger partial charge in [-0.25, -0.2) is 0 Å². The molecule has 0 heteroatoms. The molecular formula is C51H108. The zero-order valence-electron chi connectivity index (χ0n) is 41.4. The molecular weight excluding hydrogens is 613 g/mol. The molecule has 0 spiro atoms. The summed E-state index contributed by atoms with van der Waals surface area (Å²) >= 11 is 0. The molecule has 0 saturated carbocycles. The molecule has 0 aliphatic heterocycles. The molecule has 0 fully saturated rings. The molecule has 51 heavy (non-hydrogen) atoms. The second-order valence-electron chi connectivity index (χ2n) is 11.2. The van der Waals surface area contributed by atoms with E-state index in [0.29, 0.717) is 0 Å². The van der Waals surface area contributed by atoms with Gasteiger partial charge in [-0.1, -0.05) is 189 Å². The largest absolute Gasteiger partial charge is 0.0919 e. The fourth-order valence-electron chi connectivity index (χ4n) is 1.22. The van der Waals surface area contributed by atoms with Gasteiger partial charge in [0.05, 0.1) is 0 Å². The Labute approximate surface area is 332 Å². The molecule has 0 atom stereocenters. The van der Waals surface area contributed by atoms with Gasteiger partial charge in [0.15, 0.2) is 0 Å². The Hall–Kier alpha value is -2.34. The van der Waals surface area contributed by atoms with Gasteiger partial charge >= 0.3 is 0 Å². The summed E-state index contributed by atoms with van der Waals surface area (Å²) in [6.07, 6.45) is 37.9. The van der Waals surface area contributed by atoms with E-state index in [4.69, 9.17) is 0 Å². The number of hydrogen-bond donors (Lipinski definition) is 0. The topological polar surface area (TPSA) is 0 Å². The molecule has 0 amide bonds. The van der Waals surface area contributed by atoms with E-state index in [1.807, 2.05) is 156 Å². The maximum Gasteiger partial charge on any atom is -0.0377 e. The lowest BCUT2D eigenvalue weighted by Crippen LogP contribution is -1.58.